The second-order valence-electron chi connectivity index (χ2n) is 5.70. The molecule has 0 atom stereocenters. The summed E-state index contributed by atoms with van der Waals surface area (Å²) >= 11 is 0. The first kappa shape index (κ1) is 21.2. The summed E-state index contributed by atoms with van der Waals surface area (Å²) in [6.45, 7) is 6.23. The molecule has 0 aromatic heterocycles. The SMILES string of the molecule is CCOc1ccc(CNC(=NC)NCCN(C)CCCOC)cc1F. The smallest absolute Gasteiger partial charge is 0.191 e. The third-order valence-corrected chi connectivity index (χ3v) is 3.65. The summed E-state index contributed by atoms with van der Waals surface area (Å²) < 4.78 is 24.1. The lowest BCUT2D eigenvalue weighted by Gasteiger charge is -2.18. The third-order valence-electron chi connectivity index (χ3n) is 3.65. The van der Waals surface area contributed by atoms with Crippen LogP contribution in [0.25, 0.3) is 0 Å². The summed E-state index contributed by atoms with van der Waals surface area (Å²) in [5.74, 6) is 0.631. The molecule has 0 amide bonds. The average molecular weight is 354 g/mol. The molecule has 0 aliphatic rings. The number of likely N-dealkylation sites (N-methyl/N-ethyl adjacent to an activating group) is 1. The van der Waals surface area contributed by atoms with Crippen molar-refractivity contribution < 1.29 is 13.9 Å². The van der Waals surface area contributed by atoms with E-state index in [1.165, 1.54) is 6.07 Å². The average Bonchev–Trinajstić information content (AvgIpc) is 2.60. The lowest BCUT2D eigenvalue weighted by atomic mass is 10.2. The number of guanidine groups is 1. The number of benzene rings is 1. The second-order valence-corrected chi connectivity index (χ2v) is 5.70. The van der Waals surface area contributed by atoms with Gasteiger partial charge in [0.1, 0.15) is 0 Å². The highest BCUT2D eigenvalue weighted by molar-refractivity contribution is 5.79. The van der Waals surface area contributed by atoms with E-state index >= 15 is 0 Å². The van der Waals surface area contributed by atoms with Crippen LogP contribution < -0.4 is 15.4 Å². The van der Waals surface area contributed by atoms with Gasteiger partial charge in [-0.15, -0.1) is 0 Å². The van der Waals surface area contributed by atoms with Gasteiger partial charge in [-0.3, -0.25) is 4.99 Å². The lowest BCUT2D eigenvalue weighted by molar-refractivity contribution is 0.180. The third kappa shape index (κ3) is 8.69. The molecule has 1 aromatic rings. The van der Waals surface area contributed by atoms with Gasteiger partial charge >= 0.3 is 0 Å². The van der Waals surface area contributed by atoms with Gasteiger partial charge in [0.25, 0.3) is 0 Å². The topological polar surface area (TPSA) is 58.1 Å². The van der Waals surface area contributed by atoms with Crippen LogP contribution in [-0.2, 0) is 11.3 Å². The Morgan fingerprint density at radius 2 is 2.08 bits per heavy atom. The minimum absolute atomic E-state index is 0.283. The van der Waals surface area contributed by atoms with Crippen LogP contribution in [0.3, 0.4) is 0 Å². The fourth-order valence-corrected chi connectivity index (χ4v) is 2.29. The van der Waals surface area contributed by atoms with E-state index in [1.807, 2.05) is 13.0 Å². The first-order valence-electron chi connectivity index (χ1n) is 8.63. The van der Waals surface area contributed by atoms with Gasteiger partial charge in [-0.05, 0) is 38.1 Å². The van der Waals surface area contributed by atoms with E-state index in [9.17, 15) is 4.39 Å². The summed E-state index contributed by atoms with van der Waals surface area (Å²) in [6, 6.07) is 4.98. The Hall–Kier alpha value is -1.86. The molecule has 0 aliphatic heterocycles. The standard InChI is InChI=1S/C18H31FN4O2/c1-5-25-17-8-7-15(13-16(17)19)14-22-18(20-2)21-9-11-23(3)10-6-12-24-4/h7-8,13H,5-6,9-12,14H2,1-4H3,(H2,20,21,22). The Kier molecular flexibility index (Phi) is 10.6. The molecule has 2 N–H and O–H groups in total. The number of halogens is 1. The van der Waals surface area contributed by atoms with Crippen LogP contribution in [-0.4, -0.2) is 64.9 Å². The van der Waals surface area contributed by atoms with Gasteiger partial charge in [-0.25, -0.2) is 4.39 Å². The summed E-state index contributed by atoms with van der Waals surface area (Å²) in [4.78, 5) is 6.42. The zero-order valence-corrected chi connectivity index (χ0v) is 15.8. The molecular formula is C18H31FN4O2. The molecule has 0 heterocycles. The largest absolute Gasteiger partial charge is 0.491 e. The molecule has 0 bridgehead atoms. The lowest BCUT2D eigenvalue weighted by Crippen LogP contribution is -2.40. The molecule has 0 spiro atoms. The fraction of sp³-hybridized carbons (Fsp3) is 0.611. The monoisotopic (exact) mass is 354 g/mol. The zero-order chi connectivity index (χ0) is 18.5. The highest BCUT2D eigenvalue weighted by Crippen LogP contribution is 2.18. The molecule has 6 nitrogen and oxygen atoms in total. The van der Waals surface area contributed by atoms with E-state index in [0.717, 1.165) is 38.2 Å². The van der Waals surface area contributed by atoms with Crippen LogP contribution in [0.5, 0.6) is 5.75 Å². The van der Waals surface area contributed by atoms with Gasteiger partial charge in [0.2, 0.25) is 0 Å². The first-order valence-corrected chi connectivity index (χ1v) is 8.63. The molecule has 7 heteroatoms. The van der Waals surface area contributed by atoms with Gasteiger partial charge in [0.05, 0.1) is 6.61 Å². The number of nitrogens with zero attached hydrogens (tertiary/aromatic N) is 2. The van der Waals surface area contributed by atoms with Crippen LogP contribution in [0.15, 0.2) is 23.2 Å². The van der Waals surface area contributed by atoms with E-state index in [4.69, 9.17) is 9.47 Å². The number of hydrogen-bond donors (Lipinski definition) is 2. The van der Waals surface area contributed by atoms with E-state index in [0.29, 0.717) is 19.1 Å². The van der Waals surface area contributed by atoms with Crippen LogP contribution >= 0.6 is 0 Å². The minimum atomic E-state index is -0.346. The zero-order valence-electron chi connectivity index (χ0n) is 15.8. The molecule has 25 heavy (non-hydrogen) atoms. The number of ether oxygens (including phenoxy) is 2. The molecule has 0 radical (unpaired) electrons. The van der Waals surface area contributed by atoms with Crippen molar-refractivity contribution in [3.05, 3.63) is 29.6 Å². The summed E-state index contributed by atoms with van der Waals surface area (Å²) in [5, 5.41) is 6.44. The number of rotatable bonds is 11. The van der Waals surface area contributed by atoms with Gasteiger partial charge < -0.3 is 25.0 Å². The predicted octanol–water partition coefficient (Wildman–Crippen LogP) is 1.86. The van der Waals surface area contributed by atoms with E-state index in [1.54, 1.807) is 20.2 Å². The van der Waals surface area contributed by atoms with Gasteiger partial charge in [-0.1, -0.05) is 6.07 Å². The Labute approximate surface area is 150 Å². The molecule has 0 unspecified atom stereocenters. The Morgan fingerprint density at radius 1 is 1.28 bits per heavy atom. The normalized spacial score (nSPS) is 11.7. The summed E-state index contributed by atoms with van der Waals surface area (Å²) in [7, 11) is 5.51. The summed E-state index contributed by atoms with van der Waals surface area (Å²) in [6.07, 6.45) is 1.02. The fourth-order valence-electron chi connectivity index (χ4n) is 2.29. The maximum Gasteiger partial charge on any atom is 0.191 e. The molecule has 0 saturated heterocycles. The number of nitrogens with one attached hydrogen (secondary N) is 2. The van der Waals surface area contributed by atoms with E-state index < -0.39 is 0 Å². The van der Waals surface area contributed by atoms with Crippen molar-refractivity contribution in [1.29, 1.82) is 0 Å². The van der Waals surface area contributed by atoms with Crippen molar-refractivity contribution in [2.45, 2.75) is 19.9 Å². The van der Waals surface area contributed by atoms with Crippen LogP contribution in [0, 0.1) is 5.82 Å². The van der Waals surface area contributed by atoms with Crippen LogP contribution in [0.2, 0.25) is 0 Å². The van der Waals surface area contributed by atoms with Crippen molar-refractivity contribution in [3.63, 3.8) is 0 Å². The molecule has 142 valence electrons. The van der Waals surface area contributed by atoms with E-state index in [-0.39, 0.29) is 11.6 Å². The number of methoxy groups -OCH3 is 1. The minimum Gasteiger partial charge on any atom is -0.491 e. The maximum absolute atomic E-state index is 13.8. The Balaban J connectivity index is 2.33. The van der Waals surface area contributed by atoms with Crippen molar-refractivity contribution in [2.75, 3.05) is 54.1 Å². The van der Waals surface area contributed by atoms with Crippen molar-refractivity contribution in [3.8, 4) is 5.75 Å². The quantitative estimate of drug-likeness (QED) is 0.361. The van der Waals surface area contributed by atoms with E-state index in [2.05, 4.69) is 27.6 Å². The Morgan fingerprint density at radius 3 is 2.72 bits per heavy atom. The highest BCUT2D eigenvalue weighted by Gasteiger charge is 2.05. The molecule has 1 aromatic carbocycles. The Bertz CT molecular complexity index is 526. The molecular weight excluding hydrogens is 323 g/mol. The summed E-state index contributed by atoms with van der Waals surface area (Å²) in [5.41, 5.74) is 0.834. The van der Waals surface area contributed by atoms with Gasteiger partial charge in [0.15, 0.2) is 17.5 Å². The number of hydrogen-bond acceptors (Lipinski definition) is 4. The molecule has 0 saturated carbocycles. The van der Waals surface area contributed by atoms with Gasteiger partial charge in [0, 0.05) is 46.9 Å². The first-order chi connectivity index (χ1) is 12.1. The predicted molar refractivity (Wildman–Crippen MR) is 99.8 cm³/mol. The van der Waals surface area contributed by atoms with Crippen molar-refractivity contribution in [2.24, 2.45) is 4.99 Å². The van der Waals surface area contributed by atoms with Crippen LogP contribution in [0.4, 0.5) is 4.39 Å². The van der Waals surface area contributed by atoms with Gasteiger partial charge in [-0.2, -0.15) is 0 Å². The van der Waals surface area contributed by atoms with Crippen LogP contribution in [0.1, 0.15) is 18.9 Å². The highest BCUT2D eigenvalue weighted by atomic mass is 19.1. The second kappa shape index (κ2) is 12.5. The number of aliphatic imine (C=N–C) groups is 1. The molecule has 0 aliphatic carbocycles. The maximum atomic E-state index is 13.8. The molecule has 1 rings (SSSR count). The van der Waals surface area contributed by atoms with Crippen molar-refractivity contribution >= 4 is 5.96 Å². The van der Waals surface area contributed by atoms with Crippen molar-refractivity contribution in [1.82, 2.24) is 15.5 Å². The molecule has 0 fully saturated rings.